The van der Waals surface area contributed by atoms with Crippen molar-refractivity contribution in [2.45, 2.75) is 64.3 Å². The van der Waals surface area contributed by atoms with Gasteiger partial charge in [-0.1, -0.05) is 6.42 Å². The fourth-order valence-electron chi connectivity index (χ4n) is 3.07. The SMILES string of the molecule is C[C@@H]1CN(S(=O)(=O)N2CCCC[C@@H]2[C@H](C)N)[C@@H](C)CO1. The van der Waals surface area contributed by atoms with Gasteiger partial charge in [0.05, 0.1) is 12.7 Å². The minimum absolute atomic E-state index is 0.0560. The minimum atomic E-state index is -3.45. The Morgan fingerprint density at radius 3 is 2.60 bits per heavy atom. The molecule has 2 aliphatic rings. The van der Waals surface area contributed by atoms with Gasteiger partial charge in [0.25, 0.3) is 10.2 Å². The first-order valence-electron chi connectivity index (χ1n) is 7.50. The zero-order valence-electron chi connectivity index (χ0n) is 12.7. The van der Waals surface area contributed by atoms with Gasteiger partial charge in [0.1, 0.15) is 0 Å². The molecule has 7 heteroatoms. The summed E-state index contributed by atoms with van der Waals surface area (Å²) in [5.41, 5.74) is 6.00. The van der Waals surface area contributed by atoms with Gasteiger partial charge in [-0.25, -0.2) is 0 Å². The third-order valence-electron chi connectivity index (χ3n) is 4.25. The molecule has 0 aliphatic carbocycles. The highest BCUT2D eigenvalue weighted by Crippen LogP contribution is 2.27. The van der Waals surface area contributed by atoms with Gasteiger partial charge in [0, 0.05) is 31.2 Å². The lowest BCUT2D eigenvalue weighted by Crippen LogP contribution is -2.60. The van der Waals surface area contributed by atoms with Crippen molar-refractivity contribution in [1.82, 2.24) is 8.61 Å². The highest BCUT2D eigenvalue weighted by molar-refractivity contribution is 7.86. The maximum absolute atomic E-state index is 13.0. The quantitative estimate of drug-likeness (QED) is 0.826. The van der Waals surface area contributed by atoms with E-state index < -0.39 is 10.2 Å². The topological polar surface area (TPSA) is 75.9 Å². The van der Waals surface area contributed by atoms with E-state index in [1.807, 2.05) is 20.8 Å². The van der Waals surface area contributed by atoms with Crippen LogP contribution in [0.1, 0.15) is 40.0 Å². The Kier molecular flexibility index (Phi) is 5.07. The summed E-state index contributed by atoms with van der Waals surface area (Å²) in [5.74, 6) is 0. The lowest BCUT2D eigenvalue weighted by atomic mass is 10.00. The summed E-state index contributed by atoms with van der Waals surface area (Å²) in [6, 6.07) is -0.343. The largest absolute Gasteiger partial charge is 0.375 e. The van der Waals surface area contributed by atoms with Crippen LogP contribution in [-0.4, -0.2) is 61.0 Å². The lowest BCUT2D eigenvalue weighted by Gasteiger charge is -2.43. The summed E-state index contributed by atoms with van der Waals surface area (Å²) >= 11 is 0. The number of hydrogen-bond acceptors (Lipinski definition) is 4. The van der Waals surface area contributed by atoms with E-state index in [1.165, 1.54) is 0 Å². The molecule has 20 heavy (non-hydrogen) atoms. The maximum Gasteiger partial charge on any atom is 0.282 e. The van der Waals surface area contributed by atoms with E-state index in [1.54, 1.807) is 8.61 Å². The predicted octanol–water partition coefficient (Wildman–Crippen LogP) is 0.542. The Morgan fingerprint density at radius 1 is 1.25 bits per heavy atom. The molecule has 0 aromatic rings. The fourth-order valence-corrected chi connectivity index (χ4v) is 5.25. The predicted molar refractivity (Wildman–Crippen MR) is 78.5 cm³/mol. The van der Waals surface area contributed by atoms with Crippen molar-refractivity contribution in [3.8, 4) is 0 Å². The lowest BCUT2D eigenvalue weighted by molar-refractivity contribution is -0.0200. The van der Waals surface area contributed by atoms with Crippen LogP contribution in [0.4, 0.5) is 0 Å². The molecule has 4 atom stereocenters. The Morgan fingerprint density at radius 2 is 1.95 bits per heavy atom. The summed E-state index contributed by atoms with van der Waals surface area (Å²) < 4.78 is 34.6. The molecule has 0 amide bonds. The van der Waals surface area contributed by atoms with Crippen LogP contribution >= 0.6 is 0 Å². The summed E-state index contributed by atoms with van der Waals surface area (Å²) in [6.45, 7) is 7.15. The zero-order chi connectivity index (χ0) is 14.9. The van der Waals surface area contributed by atoms with E-state index in [4.69, 9.17) is 10.5 Å². The number of ether oxygens (including phenoxy) is 1. The first-order chi connectivity index (χ1) is 9.34. The summed E-state index contributed by atoms with van der Waals surface area (Å²) in [4.78, 5) is 0. The fraction of sp³-hybridized carbons (Fsp3) is 1.00. The number of nitrogens with two attached hydrogens (primary N) is 1. The number of rotatable bonds is 3. The molecule has 2 saturated heterocycles. The Balaban J connectivity index is 2.23. The highest BCUT2D eigenvalue weighted by Gasteiger charge is 2.41. The number of piperidine rings is 1. The molecule has 0 spiro atoms. The second-order valence-electron chi connectivity index (χ2n) is 6.10. The van der Waals surface area contributed by atoms with Gasteiger partial charge in [0.15, 0.2) is 0 Å². The van der Waals surface area contributed by atoms with Crippen LogP contribution in [0.5, 0.6) is 0 Å². The van der Waals surface area contributed by atoms with Crippen molar-refractivity contribution >= 4 is 10.2 Å². The van der Waals surface area contributed by atoms with E-state index in [0.29, 0.717) is 19.7 Å². The van der Waals surface area contributed by atoms with E-state index >= 15 is 0 Å². The van der Waals surface area contributed by atoms with Gasteiger partial charge in [0.2, 0.25) is 0 Å². The van der Waals surface area contributed by atoms with Crippen molar-refractivity contribution in [3.05, 3.63) is 0 Å². The summed E-state index contributed by atoms with van der Waals surface area (Å²) in [6.07, 6.45) is 2.76. The molecule has 0 aromatic heterocycles. The molecular weight excluding hydrogens is 278 g/mol. The van der Waals surface area contributed by atoms with Crippen molar-refractivity contribution in [2.75, 3.05) is 19.7 Å². The van der Waals surface area contributed by atoms with Crippen LogP contribution in [0.25, 0.3) is 0 Å². The van der Waals surface area contributed by atoms with Crippen LogP contribution in [0, 0.1) is 0 Å². The molecule has 2 heterocycles. The molecule has 2 rings (SSSR count). The van der Waals surface area contributed by atoms with E-state index in [-0.39, 0.29) is 24.2 Å². The van der Waals surface area contributed by atoms with Crippen LogP contribution in [0.2, 0.25) is 0 Å². The molecule has 0 bridgehead atoms. The molecule has 0 radical (unpaired) electrons. The van der Waals surface area contributed by atoms with Crippen molar-refractivity contribution < 1.29 is 13.2 Å². The number of hydrogen-bond donors (Lipinski definition) is 1. The Labute approximate surface area is 122 Å². The van der Waals surface area contributed by atoms with Crippen molar-refractivity contribution in [2.24, 2.45) is 5.73 Å². The van der Waals surface area contributed by atoms with Gasteiger partial charge in [-0.15, -0.1) is 0 Å². The Hall–Kier alpha value is -0.210. The van der Waals surface area contributed by atoms with Crippen LogP contribution in [0.3, 0.4) is 0 Å². The molecule has 0 unspecified atom stereocenters. The molecule has 6 nitrogen and oxygen atoms in total. The molecule has 118 valence electrons. The molecule has 2 fully saturated rings. The first-order valence-corrected chi connectivity index (χ1v) is 8.89. The van der Waals surface area contributed by atoms with Gasteiger partial charge in [-0.3, -0.25) is 0 Å². The number of nitrogens with zero attached hydrogens (tertiary/aromatic N) is 2. The van der Waals surface area contributed by atoms with E-state index in [9.17, 15) is 8.42 Å². The monoisotopic (exact) mass is 305 g/mol. The van der Waals surface area contributed by atoms with Gasteiger partial charge in [-0.05, 0) is 33.6 Å². The average molecular weight is 305 g/mol. The van der Waals surface area contributed by atoms with Gasteiger partial charge < -0.3 is 10.5 Å². The van der Waals surface area contributed by atoms with Crippen molar-refractivity contribution in [1.29, 1.82) is 0 Å². The van der Waals surface area contributed by atoms with Gasteiger partial charge >= 0.3 is 0 Å². The van der Waals surface area contributed by atoms with Gasteiger partial charge in [-0.2, -0.15) is 17.0 Å². The summed E-state index contributed by atoms with van der Waals surface area (Å²) in [7, 11) is -3.45. The molecule has 0 saturated carbocycles. The highest BCUT2D eigenvalue weighted by atomic mass is 32.2. The van der Waals surface area contributed by atoms with E-state index in [2.05, 4.69) is 0 Å². The average Bonchev–Trinajstić information content (AvgIpc) is 2.41. The Bertz CT molecular complexity index is 427. The molecular formula is C13H27N3O3S. The van der Waals surface area contributed by atoms with Crippen LogP contribution in [0.15, 0.2) is 0 Å². The zero-order valence-corrected chi connectivity index (χ0v) is 13.5. The van der Waals surface area contributed by atoms with Crippen LogP contribution in [-0.2, 0) is 14.9 Å². The third kappa shape index (κ3) is 3.17. The number of morpholine rings is 1. The molecule has 2 aliphatic heterocycles. The second kappa shape index (κ2) is 6.27. The second-order valence-corrected chi connectivity index (χ2v) is 7.94. The molecule has 0 aromatic carbocycles. The first kappa shape index (κ1) is 16.2. The standard InChI is InChI=1S/C13H27N3O3S/c1-10-9-19-11(2)8-16(10)20(17,18)15-7-5-4-6-13(15)12(3)14/h10-13H,4-9,14H2,1-3H3/t10-,11+,12-,13+/m0/s1. The van der Waals surface area contributed by atoms with E-state index in [0.717, 1.165) is 19.3 Å². The normalized spacial score (nSPS) is 35.9. The maximum atomic E-state index is 13.0. The summed E-state index contributed by atoms with van der Waals surface area (Å²) in [5, 5.41) is 0. The van der Waals surface area contributed by atoms with Crippen LogP contribution < -0.4 is 5.73 Å². The molecule has 2 N–H and O–H groups in total. The minimum Gasteiger partial charge on any atom is -0.375 e. The third-order valence-corrected chi connectivity index (χ3v) is 6.40. The van der Waals surface area contributed by atoms with Crippen molar-refractivity contribution in [3.63, 3.8) is 0 Å². The smallest absolute Gasteiger partial charge is 0.282 e.